The van der Waals surface area contributed by atoms with Crippen molar-refractivity contribution >= 4 is 38.9 Å². The van der Waals surface area contributed by atoms with Gasteiger partial charge in [0, 0.05) is 37.1 Å². The predicted octanol–water partition coefficient (Wildman–Crippen LogP) is 4.75. The first-order chi connectivity index (χ1) is 17.1. The molecule has 7 nitrogen and oxygen atoms in total. The number of terminal acetylenes is 1. The van der Waals surface area contributed by atoms with Gasteiger partial charge in [-0.2, -0.15) is 0 Å². The molecule has 0 radical (unpaired) electrons. The summed E-state index contributed by atoms with van der Waals surface area (Å²) in [5.74, 6) is 1.59. The summed E-state index contributed by atoms with van der Waals surface area (Å²) in [5, 5.41) is 5.57. The molecule has 0 spiro atoms. The fourth-order valence-electron chi connectivity index (χ4n) is 3.92. The summed E-state index contributed by atoms with van der Waals surface area (Å²) in [6.45, 7) is 3.48. The molecule has 182 valence electrons. The third-order valence-corrected chi connectivity index (χ3v) is 6.76. The van der Waals surface area contributed by atoms with E-state index in [1.165, 1.54) is 35.1 Å². The molecule has 2 N–H and O–H groups in total. The Labute approximate surface area is 210 Å². The molecule has 36 heavy (non-hydrogen) atoms. The maximum absolute atomic E-state index is 13.9. The van der Waals surface area contributed by atoms with E-state index in [0.29, 0.717) is 54.4 Å². The van der Waals surface area contributed by atoms with E-state index in [1.54, 1.807) is 51.4 Å². The van der Waals surface area contributed by atoms with Crippen LogP contribution in [0.4, 0.5) is 10.1 Å². The van der Waals surface area contributed by atoms with Crippen molar-refractivity contribution in [2.75, 3.05) is 12.4 Å². The van der Waals surface area contributed by atoms with Gasteiger partial charge in [0.05, 0.1) is 15.0 Å². The molecule has 2 aromatic carbocycles. The molecule has 0 unspecified atom stereocenters. The minimum absolute atomic E-state index is 0.260. The van der Waals surface area contributed by atoms with Crippen LogP contribution in [-0.2, 0) is 11.8 Å². The fourth-order valence-corrected chi connectivity index (χ4v) is 5.04. The summed E-state index contributed by atoms with van der Waals surface area (Å²) in [4.78, 5) is 37.4. The standard InChI is InChI=1S/C27H22FN3O4S/c1-6-23(32)30-17-7-8-21(35-24-14(2)9-16(28)10-15(24)3)18(11-17)20-13-31(5)27(34)19-12-22(26(33)29-4)36-25(19)20/h1,7-13H,2-5H3,(H,29,33)(H,30,32). The lowest BCUT2D eigenvalue weighted by Crippen LogP contribution is -2.17. The van der Waals surface area contributed by atoms with Gasteiger partial charge in [0.2, 0.25) is 0 Å². The Balaban J connectivity index is 1.99. The number of benzene rings is 2. The zero-order chi connectivity index (χ0) is 26.1. The molecule has 2 heterocycles. The average Bonchev–Trinajstić information content (AvgIpc) is 3.29. The highest BCUT2D eigenvalue weighted by Crippen LogP contribution is 2.42. The molecule has 0 aliphatic carbocycles. The van der Waals surface area contributed by atoms with Crippen molar-refractivity contribution in [2.45, 2.75) is 13.8 Å². The molecule has 0 aliphatic heterocycles. The summed E-state index contributed by atoms with van der Waals surface area (Å²) in [6.07, 6.45) is 6.86. The molecule has 0 aliphatic rings. The van der Waals surface area contributed by atoms with E-state index < -0.39 is 5.91 Å². The first-order valence-corrected chi connectivity index (χ1v) is 11.7. The minimum atomic E-state index is -0.622. The molecule has 9 heteroatoms. The van der Waals surface area contributed by atoms with Crippen molar-refractivity contribution in [2.24, 2.45) is 7.05 Å². The third kappa shape index (κ3) is 4.59. The Morgan fingerprint density at radius 1 is 1.11 bits per heavy atom. The molecule has 0 fully saturated rings. The van der Waals surface area contributed by atoms with Crippen molar-refractivity contribution in [3.05, 3.63) is 74.8 Å². The number of hydrogen-bond acceptors (Lipinski definition) is 5. The van der Waals surface area contributed by atoms with E-state index in [-0.39, 0.29) is 17.3 Å². The van der Waals surface area contributed by atoms with E-state index in [2.05, 4.69) is 10.6 Å². The van der Waals surface area contributed by atoms with Gasteiger partial charge in [-0.1, -0.05) is 0 Å². The number of amides is 2. The topological polar surface area (TPSA) is 89.4 Å². The van der Waals surface area contributed by atoms with E-state index in [9.17, 15) is 18.8 Å². The number of fused-ring (bicyclic) bond motifs is 1. The second kappa shape index (κ2) is 9.68. The minimum Gasteiger partial charge on any atom is -0.456 e. The van der Waals surface area contributed by atoms with E-state index in [4.69, 9.17) is 11.2 Å². The van der Waals surface area contributed by atoms with Crippen LogP contribution >= 0.6 is 11.3 Å². The molecular formula is C27H22FN3O4S. The molecule has 4 aromatic rings. The van der Waals surface area contributed by atoms with Crippen LogP contribution in [0, 0.1) is 32.0 Å². The van der Waals surface area contributed by atoms with Crippen LogP contribution in [0.2, 0.25) is 0 Å². The summed E-state index contributed by atoms with van der Waals surface area (Å²) >= 11 is 1.17. The van der Waals surface area contributed by atoms with Gasteiger partial charge in [-0.05, 0) is 67.3 Å². The smallest absolute Gasteiger partial charge is 0.300 e. The number of carbonyl (C=O) groups excluding carboxylic acids is 2. The molecule has 4 rings (SSSR count). The average molecular weight is 504 g/mol. The van der Waals surface area contributed by atoms with Gasteiger partial charge in [0.1, 0.15) is 17.3 Å². The van der Waals surface area contributed by atoms with Crippen LogP contribution in [0.15, 0.2) is 47.4 Å². The Morgan fingerprint density at radius 2 is 1.81 bits per heavy atom. The van der Waals surface area contributed by atoms with E-state index in [1.807, 2.05) is 5.92 Å². The summed E-state index contributed by atoms with van der Waals surface area (Å²) < 4.78 is 22.2. The third-order valence-electron chi connectivity index (χ3n) is 5.60. The number of nitrogens with zero attached hydrogens (tertiary/aromatic N) is 1. The van der Waals surface area contributed by atoms with Crippen LogP contribution in [0.3, 0.4) is 0 Å². The Kier molecular flexibility index (Phi) is 6.64. The fraction of sp³-hybridized carbons (Fsp3) is 0.148. The van der Waals surface area contributed by atoms with E-state index in [0.717, 1.165) is 0 Å². The highest BCUT2D eigenvalue weighted by Gasteiger charge is 2.20. The number of thiophene rings is 1. The van der Waals surface area contributed by atoms with Gasteiger partial charge < -0.3 is 19.9 Å². The number of aromatic nitrogens is 1. The molecule has 0 atom stereocenters. The summed E-state index contributed by atoms with van der Waals surface area (Å²) in [7, 11) is 3.13. The largest absolute Gasteiger partial charge is 0.456 e. The second-order valence-electron chi connectivity index (χ2n) is 8.17. The zero-order valence-corrected chi connectivity index (χ0v) is 20.8. The molecular weight excluding hydrogens is 481 g/mol. The number of ether oxygens (including phenoxy) is 1. The number of pyridine rings is 1. The number of anilines is 1. The molecule has 2 amide bonds. The number of aryl methyl sites for hydroxylation is 3. The summed E-state index contributed by atoms with van der Waals surface area (Å²) in [5.41, 5.74) is 2.51. The van der Waals surface area contributed by atoms with Crippen molar-refractivity contribution in [1.29, 1.82) is 0 Å². The van der Waals surface area contributed by atoms with Crippen LogP contribution < -0.4 is 20.9 Å². The zero-order valence-electron chi connectivity index (χ0n) is 20.0. The number of halogens is 1. The highest BCUT2D eigenvalue weighted by molar-refractivity contribution is 7.21. The van der Waals surface area contributed by atoms with E-state index >= 15 is 0 Å². The van der Waals surface area contributed by atoms with Crippen LogP contribution in [0.25, 0.3) is 21.2 Å². The van der Waals surface area contributed by atoms with Gasteiger partial charge in [-0.25, -0.2) is 4.39 Å². The Morgan fingerprint density at radius 3 is 2.44 bits per heavy atom. The van der Waals surface area contributed by atoms with Crippen LogP contribution in [-0.4, -0.2) is 23.4 Å². The normalized spacial score (nSPS) is 10.7. The van der Waals surface area contributed by atoms with Crippen molar-refractivity contribution in [1.82, 2.24) is 9.88 Å². The lowest BCUT2D eigenvalue weighted by atomic mass is 10.0. The second-order valence-corrected chi connectivity index (χ2v) is 9.22. The van der Waals surface area contributed by atoms with Crippen molar-refractivity contribution in [3.8, 4) is 35.0 Å². The molecule has 0 saturated carbocycles. The molecule has 0 saturated heterocycles. The Bertz CT molecular complexity index is 1620. The maximum Gasteiger partial charge on any atom is 0.300 e. The Hall–Kier alpha value is -4.42. The van der Waals surface area contributed by atoms with Gasteiger partial charge in [0.15, 0.2) is 0 Å². The van der Waals surface area contributed by atoms with Crippen LogP contribution in [0.5, 0.6) is 11.5 Å². The van der Waals surface area contributed by atoms with Gasteiger partial charge >= 0.3 is 0 Å². The molecule has 0 bridgehead atoms. The van der Waals surface area contributed by atoms with Gasteiger partial charge in [0.25, 0.3) is 17.4 Å². The predicted molar refractivity (Wildman–Crippen MR) is 139 cm³/mol. The van der Waals surface area contributed by atoms with Crippen molar-refractivity contribution < 1.29 is 18.7 Å². The number of hydrogen-bond donors (Lipinski definition) is 2. The first kappa shape index (κ1) is 24.7. The summed E-state index contributed by atoms with van der Waals surface area (Å²) in [6, 6.07) is 9.28. The monoisotopic (exact) mass is 503 g/mol. The first-order valence-electron chi connectivity index (χ1n) is 10.8. The van der Waals surface area contributed by atoms with Crippen molar-refractivity contribution in [3.63, 3.8) is 0 Å². The lowest BCUT2D eigenvalue weighted by Gasteiger charge is -2.17. The maximum atomic E-state index is 13.9. The van der Waals surface area contributed by atoms with Crippen LogP contribution in [0.1, 0.15) is 20.8 Å². The number of nitrogens with one attached hydrogen (secondary N) is 2. The molecule has 2 aromatic heterocycles. The highest BCUT2D eigenvalue weighted by atomic mass is 32.1. The lowest BCUT2D eigenvalue weighted by molar-refractivity contribution is -0.111. The SMILES string of the molecule is C#CC(=O)Nc1ccc(Oc2c(C)cc(F)cc2C)c(-c2cn(C)c(=O)c3cc(C(=O)NC)sc23)c1. The van der Waals surface area contributed by atoms with Gasteiger partial charge in [-0.3, -0.25) is 14.4 Å². The number of carbonyl (C=O) groups is 2. The quantitative estimate of drug-likeness (QED) is 0.385. The van der Waals surface area contributed by atoms with Gasteiger partial charge in [-0.15, -0.1) is 17.8 Å². The number of rotatable bonds is 5.